The first-order valence-electron chi connectivity index (χ1n) is 8.36. The van der Waals surface area contributed by atoms with Crippen LogP contribution in [0.3, 0.4) is 0 Å². The number of nitrogens with one attached hydrogen (secondary N) is 1. The third-order valence-corrected chi connectivity index (χ3v) is 4.27. The van der Waals surface area contributed by atoms with Gasteiger partial charge in [-0.25, -0.2) is 0 Å². The van der Waals surface area contributed by atoms with Crippen LogP contribution in [0.1, 0.15) is 52.4 Å². The topological polar surface area (TPSA) is 75.4 Å². The summed E-state index contributed by atoms with van der Waals surface area (Å²) in [6.45, 7) is 6.90. The Morgan fingerprint density at radius 3 is 2.52 bits per heavy atom. The van der Waals surface area contributed by atoms with Crippen LogP contribution in [0.4, 0.5) is 0 Å². The Kier molecular flexibility index (Phi) is 8.35. The van der Waals surface area contributed by atoms with Gasteiger partial charge in [0.2, 0.25) is 11.8 Å². The van der Waals surface area contributed by atoms with Gasteiger partial charge in [0.05, 0.1) is 0 Å². The molecule has 5 nitrogen and oxygen atoms in total. The molecule has 0 saturated carbocycles. The van der Waals surface area contributed by atoms with E-state index in [1.165, 1.54) is 0 Å². The van der Waals surface area contributed by atoms with E-state index in [9.17, 15) is 9.59 Å². The highest BCUT2D eigenvalue weighted by atomic mass is 16.2. The van der Waals surface area contributed by atoms with E-state index in [4.69, 9.17) is 5.73 Å². The van der Waals surface area contributed by atoms with Crippen molar-refractivity contribution in [3.8, 4) is 0 Å². The average molecular weight is 297 g/mol. The fraction of sp³-hybridized carbons (Fsp3) is 0.875. The quantitative estimate of drug-likeness (QED) is 0.667. The molecule has 0 aliphatic carbocycles. The maximum Gasteiger partial charge on any atom is 0.225 e. The third kappa shape index (κ3) is 6.04. The van der Waals surface area contributed by atoms with Crippen LogP contribution < -0.4 is 11.1 Å². The number of carbonyl (C=O) groups is 2. The molecule has 0 bridgehead atoms. The Hall–Kier alpha value is -1.10. The second kappa shape index (κ2) is 9.77. The van der Waals surface area contributed by atoms with E-state index in [1.807, 2.05) is 11.8 Å². The predicted molar refractivity (Wildman–Crippen MR) is 84.7 cm³/mol. The molecule has 1 aliphatic heterocycles. The lowest BCUT2D eigenvalue weighted by atomic mass is 9.94. The fourth-order valence-corrected chi connectivity index (χ4v) is 2.75. The minimum absolute atomic E-state index is 0.0449. The second-order valence-electron chi connectivity index (χ2n) is 6.08. The Bertz CT molecular complexity index is 325. The number of nitrogens with two attached hydrogens (primary N) is 1. The standard InChI is InChI=1S/C16H31N3O2/c1-3-4-10-18-15(20)14-7-11-19(12-8-14)16(21)13(2)6-5-9-17/h13-14H,3-12,17H2,1-2H3,(H,18,20). The number of carbonyl (C=O) groups excluding carboxylic acids is 2. The summed E-state index contributed by atoms with van der Waals surface area (Å²) in [6.07, 6.45) is 5.44. The maximum absolute atomic E-state index is 12.3. The van der Waals surface area contributed by atoms with Gasteiger partial charge in [0.25, 0.3) is 0 Å². The fourth-order valence-electron chi connectivity index (χ4n) is 2.75. The summed E-state index contributed by atoms with van der Waals surface area (Å²) in [5, 5.41) is 2.99. The van der Waals surface area contributed by atoms with E-state index in [-0.39, 0.29) is 23.7 Å². The normalized spacial score (nSPS) is 17.6. The van der Waals surface area contributed by atoms with Crippen molar-refractivity contribution in [3.05, 3.63) is 0 Å². The van der Waals surface area contributed by atoms with Gasteiger partial charge in [-0.05, 0) is 38.6 Å². The van der Waals surface area contributed by atoms with Crippen molar-refractivity contribution in [2.45, 2.75) is 52.4 Å². The van der Waals surface area contributed by atoms with Gasteiger partial charge in [-0.1, -0.05) is 20.3 Å². The number of hydrogen-bond donors (Lipinski definition) is 2. The molecular formula is C16H31N3O2. The van der Waals surface area contributed by atoms with Crippen LogP contribution in [0.25, 0.3) is 0 Å². The molecule has 122 valence electrons. The number of nitrogens with zero attached hydrogens (tertiary/aromatic N) is 1. The van der Waals surface area contributed by atoms with Crippen LogP contribution >= 0.6 is 0 Å². The zero-order valence-corrected chi connectivity index (χ0v) is 13.6. The van der Waals surface area contributed by atoms with Crippen molar-refractivity contribution in [2.24, 2.45) is 17.6 Å². The lowest BCUT2D eigenvalue weighted by Crippen LogP contribution is -2.44. The van der Waals surface area contributed by atoms with Gasteiger partial charge in [0.15, 0.2) is 0 Å². The SMILES string of the molecule is CCCCNC(=O)C1CCN(C(=O)C(C)CCCN)CC1. The van der Waals surface area contributed by atoms with Crippen LogP contribution in [0.2, 0.25) is 0 Å². The zero-order chi connectivity index (χ0) is 15.7. The Morgan fingerprint density at radius 2 is 1.95 bits per heavy atom. The third-order valence-electron chi connectivity index (χ3n) is 4.27. The van der Waals surface area contributed by atoms with Gasteiger partial charge < -0.3 is 16.0 Å². The monoisotopic (exact) mass is 297 g/mol. The van der Waals surface area contributed by atoms with Crippen molar-refractivity contribution < 1.29 is 9.59 Å². The van der Waals surface area contributed by atoms with Gasteiger partial charge in [-0.15, -0.1) is 0 Å². The maximum atomic E-state index is 12.3. The summed E-state index contributed by atoms with van der Waals surface area (Å²) in [7, 11) is 0. The number of likely N-dealkylation sites (tertiary alicyclic amines) is 1. The molecule has 1 unspecified atom stereocenters. The molecule has 0 aromatic carbocycles. The molecule has 3 N–H and O–H groups in total. The smallest absolute Gasteiger partial charge is 0.225 e. The Morgan fingerprint density at radius 1 is 1.29 bits per heavy atom. The first-order chi connectivity index (χ1) is 10.1. The molecule has 0 spiro atoms. The van der Waals surface area contributed by atoms with Crippen LogP contribution in [0.5, 0.6) is 0 Å². The molecule has 1 saturated heterocycles. The summed E-state index contributed by atoms with van der Waals surface area (Å²) in [6, 6.07) is 0. The molecule has 1 fully saturated rings. The van der Waals surface area contributed by atoms with Crippen LogP contribution in [0.15, 0.2) is 0 Å². The first kappa shape index (κ1) is 18.0. The van der Waals surface area contributed by atoms with Crippen molar-refractivity contribution in [1.82, 2.24) is 10.2 Å². The molecule has 1 atom stereocenters. The molecular weight excluding hydrogens is 266 g/mol. The molecule has 0 aromatic heterocycles. The summed E-state index contributed by atoms with van der Waals surface area (Å²) >= 11 is 0. The average Bonchev–Trinajstić information content (AvgIpc) is 2.52. The van der Waals surface area contributed by atoms with Gasteiger partial charge in [0.1, 0.15) is 0 Å². The Balaban J connectivity index is 2.31. The van der Waals surface area contributed by atoms with Crippen LogP contribution in [0, 0.1) is 11.8 Å². The van der Waals surface area contributed by atoms with E-state index >= 15 is 0 Å². The second-order valence-corrected chi connectivity index (χ2v) is 6.08. The number of rotatable bonds is 8. The molecule has 0 aromatic rings. The van der Waals surface area contributed by atoms with E-state index in [2.05, 4.69) is 12.2 Å². The molecule has 0 radical (unpaired) electrons. The molecule has 5 heteroatoms. The van der Waals surface area contributed by atoms with Crippen molar-refractivity contribution in [3.63, 3.8) is 0 Å². The van der Waals surface area contributed by atoms with Gasteiger partial charge in [-0.2, -0.15) is 0 Å². The number of piperidine rings is 1. The largest absolute Gasteiger partial charge is 0.356 e. The highest BCUT2D eigenvalue weighted by Gasteiger charge is 2.28. The van der Waals surface area contributed by atoms with Gasteiger partial charge >= 0.3 is 0 Å². The molecule has 1 aliphatic rings. The predicted octanol–water partition coefficient (Wildman–Crippen LogP) is 1.52. The summed E-state index contributed by atoms with van der Waals surface area (Å²) < 4.78 is 0. The van der Waals surface area contributed by atoms with Crippen molar-refractivity contribution in [1.29, 1.82) is 0 Å². The highest BCUT2D eigenvalue weighted by molar-refractivity contribution is 5.80. The van der Waals surface area contributed by atoms with Crippen LogP contribution in [-0.4, -0.2) is 42.9 Å². The zero-order valence-electron chi connectivity index (χ0n) is 13.6. The van der Waals surface area contributed by atoms with Gasteiger partial charge in [-0.3, -0.25) is 9.59 Å². The molecule has 2 amide bonds. The number of amides is 2. The lowest BCUT2D eigenvalue weighted by molar-refractivity contribution is -0.138. The Labute approximate surface area is 128 Å². The van der Waals surface area contributed by atoms with Gasteiger partial charge in [0, 0.05) is 31.5 Å². The molecule has 1 heterocycles. The van der Waals surface area contributed by atoms with E-state index in [0.717, 1.165) is 45.1 Å². The molecule has 21 heavy (non-hydrogen) atoms. The minimum Gasteiger partial charge on any atom is -0.356 e. The van der Waals surface area contributed by atoms with E-state index < -0.39 is 0 Å². The van der Waals surface area contributed by atoms with Crippen LogP contribution in [-0.2, 0) is 9.59 Å². The highest BCUT2D eigenvalue weighted by Crippen LogP contribution is 2.20. The summed E-state index contributed by atoms with van der Waals surface area (Å²) in [4.78, 5) is 26.2. The summed E-state index contributed by atoms with van der Waals surface area (Å²) in [5.74, 6) is 0.494. The first-order valence-corrected chi connectivity index (χ1v) is 8.36. The number of unbranched alkanes of at least 4 members (excludes halogenated alkanes) is 1. The number of hydrogen-bond acceptors (Lipinski definition) is 3. The van der Waals surface area contributed by atoms with Crippen molar-refractivity contribution >= 4 is 11.8 Å². The minimum atomic E-state index is 0.0449. The lowest BCUT2D eigenvalue weighted by Gasteiger charge is -2.33. The van der Waals surface area contributed by atoms with E-state index in [1.54, 1.807) is 0 Å². The summed E-state index contributed by atoms with van der Waals surface area (Å²) in [5.41, 5.74) is 5.49. The van der Waals surface area contributed by atoms with E-state index in [0.29, 0.717) is 19.6 Å². The van der Waals surface area contributed by atoms with Crippen molar-refractivity contribution in [2.75, 3.05) is 26.2 Å². The molecule has 1 rings (SSSR count).